The molecule has 1 amide bonds. The summed E-state index contributed by atoms with van der Waals surface area (Å²) in [4.78, 5) is 12.3. The van der Waals surface area contributed by atoms with E-state index in [0.717, 1.165) is 11.8 Å². The van der Waals surface area contributed by atoms with Gasteiger partial charge in [0.05, 0.1) is 0 Å². The van der Waals surface area contributed by atoms with Crippen LogP contribution in [0.2, 0.25) is 0 Å². The number of hydrogen-bond donors (Lipinski definition) is 0. The number of alkyl halides is 2. The standard InChI is InChI=1S/C7H11F2NOS/c1-4(2)10-5(6(8)9)3-12-7(10)11/h4-6H,3H2,1-2H3. The topological polar surface area (TPSA) is 20.3 Å². The van der Waals surface area contributed by atoms with Gasteiger partial charge in [-0.1, -0.05) is 11.8 Å². The summed E-state index contributed by atoms with van der Waals surface area (Å²) in [6, 6.07) is -1.02. The first-order chi connectivity index (χ1) is 5.54. The van der Waals surface area contributed by atoms with Crippen LogP contribution in [0.5, 0.6) is 0 Å². The maximum absolute atomic E-state index is 12.3. The molecule has 0 radical (unpaired) electrons. The number of nitrogens with zero attached hydrogens (tertiary/aromatic N) is 1. The number of carbonyl (C=O) groups is 1. The van der Waals surface area contributed by atoms with E-state index in [1.54, 1.807) is 13.8 Å². The first kappa shape index (κ1) is 9.77. The minimum Gasteiger partial charge on any atom is -0.322 e. The predicted octanol–water partition coefficient (Wildman–Crippen LogP) is 2.20. The van der Waals surface area contributed by atoms with Crippen molar-refractivity contribution >= 4 is 17.0 Å². The Morgan fingerprint density at radius 2 is 2.17 bits per heavy atom. The molecule has 0 aromatic rings. The number of halogens is 2. The average molecular weight is 195 g/mol. The van der Waals surface area contributed by atoms with Crippen molar-refractivity contribution in [1.29, 1.82) is 0 Å². The van der Waals surface area contributed by atoms with Crippen LogP contribution in [-0.2, 0) is 0 Å². The summed E-state index contributed by atoms with van der Waals surface area (Å²) in [5, 5.41) is -0.227. The Bertz CT molecular complexity index is 186. The molecule has 1 atom stereocenters. The lowest BCUT2D eigenvalue weighted by atomic mass is 10.2. The van der Waals surface area contributed by atoms with E-state index in [2.05, 4.69) is 0 Å². The van der Waals surface area contributed by atoms with Crippen molar-refractivity contribution in [2.45, 2.75) is 32.4 Å². The highest BCUT2D eigenvalue weighted by molar-refractivity contribution is 8.13. The molecule has 0 aromatic carbocycles. The third kappa shape index (κ3) is 1.71. The summed E-state index contributed by atoms with van der Waals surface area (Å²) in [6.07, 6.45) is -2.42. The quantitative estimate of drug-likeness (QED) is 0.673. The Balaban J connectivity index is 2.70. The Hall–Kier alpha value is -0.320. The second-order valence-corrected chi connectivity index (χ2v) is 3.95. The number of carbonyl (C=O) groups excluding carboxylic acids is 1. The first-order valence-electron chi connectivity index (χ1n) is 3.77. The summed E-state index contributed by atoms with van der Waals surface area (Å²) < 4.78 is 24.6. The number of hydrogen-bond acceptors (Lipinski definition) is 2. The van der Waals surface area contributed by atoms with Gasteiger partial charge in [-0.3, -0.25) is 4.79 Å². The molecule has 0 saturated carbocycles. The van der Waals surface area contributed by atoms with Crippen LogP contribution in [0.3, 0.4) is 0 Å². The van der Waals surface area contributed by atoms with E-state index in [0.29, 0.717) is 0 Å². The van der Waals surface area contributed by atoms with E-state index < -0.39 is 12.5 Å². The summed E-state index contributed by atoms with van der Waals surface area (Å²) >= 11 is 0.977. The van der Waals surface area contributed by atoms with Crippen LogP contribution in [-0.4, -0.2) is 34.4 Å². The van der Waals surface area contributed by atoms with Gasteiger partial charge in [0.25, 0.3) is 11.7 Å². The lowest BCUT2D eigenvalue weighted by molar-refractivity contribution is 0.0522. The van der Waals surface area contributed by atoms with Crippen molar-refractivity contribution < 1.29 is 13.6 Å². The zero-order chi connectivity index (χ0) is 9.30. The summed E-state index contributed by atoms with van der Waals surface area (Å²) in [7, 11) is 0. The Morgan fingerprint density at radius 1 is 1.58 bits per heavy atom. The van der Waals surface area contributed by atoms with E-state index in [1.165, 1.54) is 4.90 Å². The van der Waals surface area contributed by atoms with Gasteiger partial charge in [-0.2, -0.15) is 0 Å². The van der Waals surface area contributed by atoms with Gasteiger partial charge in [0, 0.05) is 11.8 Å². The van der Waals surface area contributed by atoms with Crippen LogP contribution < -0.4 is 0 Å². The average Bonchev–Trinajstić information content (AvgIpc) is 2.30. The zero-order valence-corrected chi connectivity index (χ0v) is 7.78. The number of amides is 1. The normalized spacial score (nSPS) is 24.7. The molecule has 1 unspecified atom stereocenters. The fourth-order valence-electron chi connectivity index (χ4n) is 1.23. The maximum Gasteiger partial charge on any atom is 0.282 e. The largest absolute Gasteiger partial charge is 0.322 e. The van der Waals surface area contributed by atoms with Gasteiger partial charge in [-0.15, -0.1) is 0 Å². The second kappa shape index (κ2) is 3.60. The third-order valence-electron chi connectivity index (χ3n) is 1.79. The summed E-state index contributed by atoms with van der Waals surface area (Å²) in [6.45, 7) is 3.50. The lowest BCUT2D eigenvalue weighted by Crippen LogP contribution is -2.42. The van der Waals surface area contributed by atoms with Gasteiger partial charge < -0.3 is 4.90 Å². The Kier molecular flexibility index (Phi) is 2.93. The molecule has 0 aromatic heterocycles. The molecule has 1 fully saturated rings. The highest BCUT2D eigenvalue weighted by Gasteiger charge is 2.39. The summed E-state index contributed by atoms with van der Waals surface area (Å²) in [5.41, 5.74) is 0. The molecule has 5 heteroatoms. The fraction of sp³-hybridized carbons (Fsp3) is 0.857. The highest BCUT2D eigenvalue weighted by atomic mass is 32.2. The Labute approximate surface area is 74.3 Å². The molecule has 1 aliphatic rings. The van der Waals surface area contributed by atoms with Gasteiger partial charge in [0.1, 0.15) is 6.04 Å². The van der Waals surface area contributed by atoms with Crippen molar-refractivity contribution in [2.75, 3.05) is 5.75 Å². The van der Waals surface area contributed by atoms with Gasteiger partial charge in [-0.05, 0) is 13.8 Å². The van der Waals surface area contributed by atoms with Crippen LogP contribution in [0.25, 0.3) is 0 Å². The van der Waals surface area contributed by atoms with Crippen molar-refractivity contribution in [3.05, 3.63) is 0 Å². The smallest absolute Gasteiger partial charge is 0.282 e. The molecule has 0 N–H and O–H groups in total. The van der Waals surface area contributed by atoms with Crippen LogP contribution in [0.15, 0.2) is 0 Å². The predicted molar refractivity (Wildman–Crippen MR) is 44.6 cm³/mol. The van der Waals surface area contributed by atoms with Gasteiger partial charge >= 0.3 is 0 Å². The maximum atomic E-state index is 12.3. The molecule has 0 aliphatic carbocycles. The molecule has 2 nitrogen and oxygen atoms in total. The van der Waals surface area contributed by atoms with Crippen molar-refractivity contribution in [2.24, 2.45) is 0 Å². The molecular formula is C7H11F2NOS. The molecule has 0 spiro atoms. The van der Waals surface area contributed by atoms with Gasteiger partial charge in [0.15, 0.2) is 0 Å². The Morgan fingerprint density at radius 3 is 2.50 bits per heavy atom. The van der Waals surface area contributed by atoms with Gasteiger partial charge in [-0.25, -0.2) is 8.78 Å². The molecule has 12 heavy (non-hydrogen) atoms. The molecular weight excluding hydrogens is 184 g/mol. The molecule has 0 bridgehead atoms. The van der Waals surface area contributed by atoms with Crippen LogP contribution in [0, 0.1) is 0 Å². The monoisotopic (exact) mass is 195 g/mol. The van der Waals surface area contributed by atoms with E-state index in [9.17, 15) is 13.6 Å². The molecule has 1 rings (SSSR count). The van der Waals surface area contributed by atoms with E-state index >= 15 is 0 Å². The van der Waals surface area contributed by atoms with E-state index in [1.807, 2.05) is 0 Å². The zero-order valence-electron chi connectivity index (χ0n) is 6.96. The van der Waals surface area contributed by atoms with Crippen molar-refractivity contribution in [3.63, 3.8) is 0 Å². The first-order valence-corrected chi connectivity index (χ1v) is 4.76. The summed E-state index contributed by atoms with van der Waals surface area (Å²) in [5.74, 6) is 0.217. The van der Waals surface area contributed by atoms with Crippen LogP contribution >= 0.6 is 11.8 Å². The molecule has 1 heterocycles. The lowest BCUT2D eigenvalue weighted by Gasteiger charge is -2.26. The van der Waals surface area contributed by atoms with Gasteiger partial charge in [0.2, 0.25) is 0 Å². The van der Waals surface area contributed by atoms with E-state index in [-0.39, 0.29) is 17.0 Å². The third-order valence-corrected chi connectivity index (χ3v) is 2.76. The second-order valence-electron chi connectivity index (χ2n) is 2.98. The minimum absolute atomic E-state index is 0.133. The van der Waals surface area contributed by atoms with Crippen molar-refractivity contribution in [1.82, 2.24) is 4.90 Å². The SMILES string of the molecule is CC(C)N1C(=O)SCC1C(F)F. The minimum atomic E-state index is -2.42. The fourth-order valence-corrected chi connectivity index (χ4v) is 2.35. The van der Waals surface area contributed by atoms with Crippen molar-refractivity contribution in [3.8, 4) is 0 Å². The number of thioether (sulfide) groups is 1. The van der Waals surface area contributed by atoms with Crippen LogP contribution in [0.1, 0.15) is 13.8 Å². The molecule has 1 saturated heterocycles. The molecule has 70 valence electrons. The number of rotatable bonds is 2. The highest BCUT2D eigenvalue weighted by Crippen LogP contribution is 2.29. The molecule has 1 aliphatic heterocycles. The van der Waals surface area contributed by atoms with Crippen LogP contribution in [0.4, 0.5) is 13.6 Å². The van der Waals surface area contributed by atoms with E-state index in [4.69, 9.17) is 0 Å².